The number of hydrogen-bond acceptors (Lipinski definition) is 5. The van der Waals surface area contributed by atoms with Crippen molar-refractivity contribution in [2.75, 3.05) is 16.0 Å². The highest BCUT2D eigenvalue weighted by Gasteiger charge is 2.15. The Balaban J connectivity index is 2.25. The Hall–Kier alpha value is -4.12. The summed E-state index contributed by atoms with van der Waals surface area (Å²) in [5.74, 6) is -2.22. The molecule has 2 aromatic carbocycles. The van der Waals surface area contributed by atoms with E-state index in [1.807, 2.05) is 0 Å². The van der Waals surface area contributed by atoms with Gasteiger partial charge in [-0.15, -0.1) is 0 Å². The molecule has 8 heteroatoms. The monoisotopic (exact) mass is 364 g/mol. The minimum absolute atomic E-state index is 0.0650. The lowest BCUT2D eigenvalue weighted by Gasteiger charge is -2.17. The van der Waals surface area contributed by atoms with Crippen LogP contribution in [0.5, 0.6) is 0 Å². The third-order valence-corrected chi connectivity index (χ3v) is 3.52. The molecule has 0 bridgehead atoms. The lowest BCUT2D eigenvalue weighted by atomic mass is 10.2. The molecule has 8 nitrogen and oxygen atoms in total. The summed E-state index contributed by atoms with van der Waals surface area (Å²) in [6.45, 7) is 1.30. The van der Waals surface area contributed by atoms with Crippen LogP contribution in [0, 0.1) is 11.3 Å². The highest BCUT2D eigenvalue weighted by Crippen LogP contribution is 2.18. The van der Waals surface area contributed by atoms with Crippen molar-refractivity contribution in [3.63, 3.8) is 0 Å². The van der Waals surface area contributed by atoms with Crippen LogP contribution < -0.4 is 16.0 Å². The molecule has 2 amide bonds. The van der Waals surface area contributed by atoms with Crippen LogP contribution in [0.4, 0.5) is 17.1 Å². The Bertz CT molecular complexity index is 941. The van der Waals surface area contributed by atoms with E-state index in [0.29, 0.717) is 17.1 Å². The Morgan fingerprint density at radius 1 is 1.11 bits per heavy atom. The minimum Gasteiger partial charge on any atom is -0.478 e. The maximum Gasteiger partial charge on any atom is 0.335 e. The van der Waals surface area contributed by atoms with Gasteiger partial charge in [0.05, 0.1) is 5.56 Å². The second-order valence-electron chi connectivity index (χ2n) is 5.47. The summed E-state index contributed by atoms with van der Waals surface area (Å²) >= 11 is 0. The number of nitrogens with zero attached hydrogens (tertiary/aromatic N) is 2. The normalized spacial score (nSPS) is 10.6. The molecule has 0 heterocycles. The van der Waals surface area contributed by atoms with Crippen LogP contribution in [0.3, 0.4) is 0 Å². The van der Waals surface area contributed by atoms with Crippen LogP contribution in [-0.4, -0.2) is 22.9 Å². The van der Waals surface area contributed by atoms with E-state index in [9.17, 15) is 19.6 Å². The number of nitrogen functional groups attached to an aromatic ring is 1. The Kier molecular flexibility index (Phi) is 5.91. The van der Waals surface area contributed by atoms with Gasteiger partial charge in [0.1, 0.15) is 11.6 Å². The van der Waals surface area contributed by atoms with Crippen molar-refractivity contribution in [1.82, 2.24) is 0 Å². The molecule has 0 aliphatic rings. The van der Waals surface area contributed by atoms with Crippen LogP contribution >= 0.6 is 0 Å². The third kappa shape index (κ3) is 4.93. The molecule has 2 rings (SSSR count). The number of aromatic carboxylic acids is 1. The van der Waals surface area contributed by atoms with E-state index in [0.717, 1.165) is 11.1 Å². The smallest absolute Gasteiger partial charge is 0.335 e. The number of amides is 2. The Morgan fingerprint density at radius 3 is 2.19 bits per heavy atom. The van der Waals surface area contributed by atoms with Gasteiger partial charge in [0.15, 0.2) is 0 Å². The third-order valence-electron chi connectivity index (χ3n) is 3.52. The molecule has 0 fully saturated rings. The first-order valence-corrected chi connectivity index (χ1v) is 7.74. The predicted molar refractivity (Wildman–Crippen MR) is 99.7 cm³/mol. The van der Waals surface area contributed by atoms with E-state index in [1.54, 1.807) is 30.3 Å². The maximum atomic E-state index is 12.3. The van der Waals surface area contributed by atoms with Crippen molar-refractivity contribution in [2.24, 2.45) is 0 Å². The number of benzene rings is 2. The molecule has 0 saturated carbocycles. The highest BCUT2D eigenvalue weighted by atomic mass is 16.4. The van der Waals surface area contributed by atoms with Gasteiger partial charge in [-0.3, -0.25) is 14.5 Å². The molecule has 27 heavy (non-hydrogen) atoms. The summed E-state index contributed by atoms with van der Waals surface area (Å²) in [5, 5.41) is 20.7. The SMILES string of the molecule is CC(=O)N(/C=C(/C#N)C(=O)Nc1ccc(C(=O)O)cc1)c1ccc(N)cc1. The molecule has 2 aromatic rings. The van der Waals surface area contributed by atoms with Gasteiger partial charge in [0.2, 0.25) is 5.91 Å². The quantitative estimate of drug-likeness (QED) is 0.423. The molecule has 0 radical (unpaired) electrons. The van der Waals surface area contributed by atoms with Crippen LogP contribution in [0.1, 0.15) is 17.3 Å². The lowest BCUT2D eigenvalue weighted by molar-refractivity contribution is -0.116. The highest BCUT2D eigenvalue weighted by molar-refractivity contribution is 6.08. The van der Waals surface area contributed by atoms with Gasteiger partial charge in [-0.2, -0.15) is 5.26 Å². The number of carbonyl (C=O) groups is 3. The van der Waals surface area contributed by atoms with E-state index >= 15 is 0 Å². The first-order chi connectivity index (χ1) is 12.8. The van der Waals surface area contributed by atoms with Gasteiger partial charge >= 0.3 is 5.97 Å². The second-order valence-corrected chi connectivity index (χ2v) is 5.47. The van der Waals surface area contributed by atoms with E-state index in [-0.39, 0.29) is 11.1 Å². The minimum atomic E-state index is -1.09. The number of anilines is 3. The number of carbonyl (C=O) groups excluding carboxylic acids is 2. The summed E-state index contributed by atoms with van der Waals surface area (Å²) in [6, 6.07) is 13.6. The zero-order chi connectivity index (χ0) is 20.0. The van der Waals surface area contributed by atoms with E-state index in [2.05, 4.69) is 5.32 Å². The van der Waals surface area contributed by atoms with Gasteiger partial charge in [0.25, 0.3) is 5.91 Å². The zero-order valence-electron chi connectivity index (χ0n) is 14.3. The lowest BCUT2D eigenvalue weighted by Crippen LogP contribution is -2.25. The number of carboxylic acids is 1. The Labute approximate surface area is 155 Å². The first-order valence-electron chi connectivity index (χ1n) is 7.74. The van der Waals surface area contributed by atoms with Crippen LogP contribution in [0.15, 0.2) is 60.3 Å². The fourth-order valence-electron chi connectivity index (χ4n) is 2.14. The van der Waals surface area contributed by atoms with Crippen molar-refractivity contribution in [1.29, 1.82) is 5.26 Å². The maximum absolute atomic E-state index is 12.3. The summed E-state index contributed by atoms with van der Waals surface area (Å²) in [5.41, 5.74) is 6.65. The summed E-state index contributed by atoms with van der Waals surface area (Å²) in [6.07, 6.45) is 1.13. The average molecular weight is 364 g/mol. The standard InChI is InChI=1S/C19H16N4O4/c1-12(24)23(17-8-4-15(21)5-9-17)11-14(10-20)18(25)22-16-6-2-13(3-7-16)19(26)27/h2-9,11H,21H2,1H3,(H,22,25)(H,26,27)/b14-11-. The van der Waals surface area contributed by atoms with Gasteiger partial charge in [-0.25, -0.2) is 4.79 Å². The number of rotatable bonds is 5. The number of carboxylic acid groups (broad SMARTS) is 1. The van der Waals surface area contributed by atoms with Crippen LogP contribution in [-0.2, 0) is 9.59 Å². The van der Waals surface area contributed by atoms with Crippen LogP contribution in [0.25, 0.3) is 0 Å². The van der Waals surface area contributed by atoms with Gasteiger partial charge in [-0.05, 0) is 48.5 Å². The molecule has 0 aliphatic carbocycles. The molecule has 0 aromatic heterocycles. The molecule has 0 saturated heterocycles. The number of nitrogens with two attached hydrogens (primary N) is 1. The topological polar surface area (TPSA) is 137 Å². The van der Waals surface area contributed by atoms with Crippen molar-refractivity contribution in [3.8, 4) is 6.07 Å². The number of nitrogens with one attached hydrogen (secondary N) is 1. The molecular weight excluding hydrogens is 348 g/mol. The molecular formula is C19H16N4O4. The number of hydrogen-bond donors (Lipinski definition) is 3. The average Bonchev–Trinajstić information content (AvgIpc) is 2.63. The molecule has 0 aliphatic heterocycles. The van der Waals surface area contributed by atoms with Crippen molar-refractivity contribution in [3.05, 3.63) is 65.9 Å². The van der Waals surface area contributed by atoms with E-state index < -0.39 is 17.8 Å². The summed E-state index contributed by atoms with van der Waals surface area (Å²) < 4.78 is 0. The van der Waals surface area contributed by atoms with Crippen molar-refractivity contribution >= 4 is 34.8 Å². The van der Waals surface area contributed by atoms with E-state index in [1.165, 1.54) is 31.2 Å². The second kappa shape index (κ2) is 8.31. The summed E-state index contributed by atoms with van der Waals surface area (Å²) in [4.78, 5) is 36.2. The van der Waals surface area contributed by atoms with E-state index in [4.69, 9.17) is 10.8 Å². The van der Waals surface area contributed by atoms with Gasteiger partial charge in [-0.1, -0.05) is 0 Å². The van der Waals surface area contributed by atoms with Gasteiger partial charge in [0, 0.05) is 30.2 Å². The fourth-order valence-corrected chi connectivity index (χ4v) is 2.14. The molecule has 0 unspecified atom stereocenters. The zero-order valence-corrected chi connectivity index (χ0v) is 14.3. The van der Waals surface area contributed by atoms with Gasteiger partial charge < -0.3 is 16.2 Å². The summed E-state index contributed by atoms with van der Waals surface area (Å²) in [7, 11) is 0. The molecule has 136 valence electrons. The number of nitriles is 1. The first kappa shape index (κ1) is 19.2. The molecule has 0 spiro atoms. The van der Waals surface area contributed by atoms with Crippen molar-refractivity contribution < 1.29 is 19.5 Å². The Morgan fingerprint density at radius 2 is 1.70 bits per heavy atom. The largest absolute Gasteiger partial charge is 0.478 e. The predicted octanol–water partition coefficient (Wildman–Crippen LogP) is 2.37. The van der Waals surface area contributed by atoms with Crippen molar-refractivity contribution in [2.45, 2.75) is 6.92 Å². The fraction of sp³-hybridized carbons (Fsp3) is 0.0526. The van der Waals surface area contributed by atoms with Crippen LogP contribution in [0.2, 0.25) is 0 Å². The molecule has 4 N–H and O–H groups in total. The molecule has 0 atom stereocenters.